The van der Waals surface area contributed by atoms with Gasteiger partial charge >= 0.3 is 0 Å². The average Bonchev–Trinajstić information content (AvgIpc) is 2.82. The number of aliphatic hydroxyl groups is 1. The molecule has 0 aliphatic rings. The van der Waals surface area contributed by atoms with Gasteiger partial charge < -0.3 is 5.11 Å². The van der Waals surface area contributed by atoms with E-state index in [0.29, 0.717) is 6.54 Å². The van der Waals surface area contributed by atoms with E-state index in [1.165, 1.54) is 12.4 Å². The second-order valence-corrected chi connectivity index (χ2v) is 3.37. The summed E-state index contributed by atoms with van der Waals surface area (Å²) in [6, 6.07) is 4.66. The first kappa shape index (κ1) is 11.3. The van der Waals surface area contributed by atoms with E-state index in [4.69, 9.17) is 5.11 Å². The van der Waals surface area contributed by atoms with Crippen molar-refractivity contribution in [2.45, 2.75) is 6.54 Å². The van der Waals surface area contributed by atoms with Crippen molar-refractivity contribution in [1.82, 2.24) is 14.8 Å². The molecule has 0 radical (unpaired) electrons. The highest BCUT2D eigenvalue weighted by Gasteiger charge is 2.02. The molecule has 1 aromatic carbocycles. The minimum atomic E-state index is -0.395. The van der Waals surface area contributed by atoms with Gasteiger partial charge in [-0.3, -0.25) is 0 Å². The smallest absolute Gasteiger partial charge is 0.138 e. The van der Waals surface area contributed by atoms with Gasteiger partial charge in [0, 0.05) is 0 Å². The minimum Gasteiger partial charge on any atom is -0.384 e. The second kappa shape index (κ2) is 5.23. The first-order chi connectivity index (χ1) is 8.29. The molecule has 0 fully saturated rings. The first-order valence-electron chi connectivity index (χ1n) is 5.00. The van der Waals surface area contributed by atoms with Crippen molar-refractivity contribution in [2.75, 3.05) is 6.61 Å². The van der Waals surface area contributed by atoms with Gasteiger partial charge in [0.05, 0.1) is 12.1 Å². The maximum atomic E-state index is 13.4. The van der Waals surface area contributed by atoms with Crippen LogP contribution in [0.15, 0.2) is 30.9 Å². The van der Waals surface area contributed by atoms with E-state index >= 15 is 0 Å². The van der Waals surface area contributed by atoms with Crippen LogP contribution < -0.4 is 0 Å². The van der Waals surface area contributed by atoms with Crippen LogP contribution in [0.2, 0.25) is 0 Å². The third-order valence-corrected chi connectivity index (χ3v) is 2.14. The molecule has 5 heteroatoms. The number of benzene rings is 1. The molecule has 0 amide bonds. The van der Waals surface area contributed by atoms with Crippen molar-refractivity contribution in [2.24, 2.45) is 0 Å². The molecule has 0 spiro atoms. The minimum absolute atomic E-state index is 0.275. The van der Waals surface area contributed by atoms with E-state index in [2.05, 4.69) is 21.9 Å². The van der Waals surface area contributed by atoms with Crippen molar-refractivity contribution in [1.29, 1.82) is 0 Å². The van der Waals surface area contributed by atoms with Crippen molar-refractivity contribution in [3.8, 4) is 11.8 Å². The summed E-state index contributed by atoms with van der Waals surface area (Å²) in [5, 5.41) is 12.5. The number of aliphatic hydroxyl groups excluding tert-OH is 1. The van der Waals surface area contributed by atoms with Gasteiger partial charge in [-0.05, 0) is 17.7 Å². The Morgan fingerprint density at radius 3 is 3.00 bits per heavy atom. The molecule has 0 saturated carbocycles. The van der Waals surface area contributed by atoms with E-state index in [-0.39, 0.29) is 12.2 Å². The van der Waals surface area contributed by atoms with E-state index in [1.54, 1.807) is 23.1 Å². The van der Waals surface area contributed by atoms with Crippen LogP contribution in [0.25, 0.3) is 0 Å². The Bertz CT molecular complexity index is 555. The predicted octanol–water partition coefficient (Wildman–Crippen LogP) is 0.809. The Morgan fingerprint density at radius 1 is 1.41 bits per heavy atom. The van der Waals surface area contributed by atoms with Gasteiger partial charge in [-0.1, -0.05) is 17.9 Å². The van der Waals surface area contributed by atoms with Gasteiger partial charge in [-0.2, -0.15) is 5.10 Å². The van der Waals surface area contributed by atoms with Gasteiger partial charge in [0.25, 0.3) is 0 Å². The molecule has 1 aromatic heterocycles. The number of rotatable bonds is 2. The quantitative estimate of drug-likeness (QED) is 0.778. The number of aromatic nitrogens is 3. The number of halogens is 1. The van der Waals surface area contributed by atoms with Crippen LogP contribution in [0.4, 0.5) is 4.39 Å². The summed E-state index contributed by atoms with van der Waals surface area (Å²) < 4.78 is 15.0. The molecule has 2 rings (SSSR count). The lowest BCUT2D eigenvalue weighted by atomic mass is 10.1. The van der Waals surface area contributed by atoms with Crippen molar-refractivity contribution in [3.63, 3.8) is 0 Å². The van der Waals surface area contributed by atoms with Crippen LogP contribution in [0.1, 0.15) is 11.1 Å². The molecular weight excluding hydrogens is 221 g/mol. The zero-order chi connectivity index (χ0) is 12.1. The van der Waals surface area contributed by atoms with E-state index < -0.39 is 5.82 Å². The molecule has 1 heterocycles. The Balaban J connectivity index is 2.24. The first-order valence-corrected chi connectivity index (χ1v) is 5.00. The molecule has 0 unspecified atom stereocenters. The maximum absolute atomic E-state index is 13.4. The van der Waals surface area contributed by atoms with Crippen molar-refractivity contribution in [3.05, 3.63) is 47.8 Å². The zero-order valence-corrected chi connectivity index (χ0v) is 8.97. The standard InChI is InChI=1S/C12H10FN3O/c13-12-4-3-10(6-11(12)2-1-5-17)7-16-9-14-8-15-16/h3-4,6,8-9,17H,5,7H2. The van der Waals surface area contributed by atoms with Crippen LogP contribution in [0.5, 0.6) is 0 Å². The number of nitrogens with zero attached hydrogens (tertiary/aromatic N) is 3. The van der Waals surface area contributed by atoms with Gasteiger partial charge in [0.15, 0.2) is 0 Å². The Labute approximate surface area is 97.7 Å². The summed E-state index contributed by atoms with van der Waals surface area (Å²) in [5.74, 6) is 4.59. The Hall–Kier alpha value is -2.19. The summed E-state index contributed by atoms with van der Waals surface area (Å²) in [6.45, 7) is 0.223. The summed E-state index contributed by atoms with van der Waals surface area (Å²) >= 11 is 0. The van der Waals surface area contributed by atoms with E-state index in [9.17, 15) is 4.39 Å². The van der Waals surface area contributed by atoms with Crippen LogP contribution in [-0.2, 0) is 6.54 Å². The topological polar surface area (TPSA) is 50.9 Å². The van der Waals surface area contributed by atoms with Crippen LogP contribution in [-0.4, -0.2) is 26.5 Å². The molecule has 1 N–H and O–H groups in total. The largest absolute Gasteiger partial charge is 0.384 e. The SMILES string of the molecule is OCC#Cc1cc(Cn2cncn2)ccc1F. The summed E-state index contributed by atoms with van der Waals surface area (Å²) in [4.78, 5) is 3.82. The predicted molar refractivity (Wildman–Crippen MR) is 59.5 cm³/mol. The van der Waals surface area contributed by atoms with Crippen LogP contribution in [0, 0.1) is 17.7 Å². The van der Waals surface area contributed by atoms with Gasteiger partial charge in [0.2, 0.25) is 0 Å². The Kier molecular flexibility index (Phi) is 3.48. The van der Waals surface area contributed by atoms with Crippen LogP contribution >= 0.6 is 0 Å². The lowest BCUT2D eigenvalue weighted by Gasteiger charge is -2.02. The highest BCUT2D eigenvalue weighted by Crippen LogP contribution is 2.10. The van der Waals surface area contributed by atoms with Gasteiger partial charge in [0.1, 0.15) is 25.1 Å². The molecule has 0 bridgehead atoms. The lowest BCUT2D eigenvalue weighted by molar-refractivity contribution is 0.350. The fourth-order valence-electron chi connectivity index (χ4n) is 1.40. The Morgan fingerprint density at radius 2 is 2.29 bits per heavy atom. The fraction of sp³-hybridized carbons (Fsp3) is 0.167. The highest BCUT2D eigenvalue weighted by molar-refractivity contribution is 5.38. The average molecular weight is 231 g/mol. The summed E-state index contributed by atoms with van der Waals surface area (Å²) in [6.07, 6.45) is 3.03. The normalized spacial score (nSPS) is 9.76. The molecule has 0 aliphatic carbocycles. The molecule has 17 heavy (non-hydrogen) atoms. The lowest BCUT2D eigenvalue weighted by Crippen LogP contribution is -2.00. The molecule has 0 aliphatic heterocycles. The fourth-order valence-corrected chi connectivity index (χ4v) is 1.40. The van der Waals surface area contributed by atoms with Gasteiger partial charge in [-0.25, -0.2) is 14.1 Å². The summed E-state index contributed by atoms with van der Waals surface area (Å²) in [5.41, 5.74) is 1.15. The molecule has 2 aromatic rings. The molecule has 0 saturated heterocycles. The number of hydrogen-bond acceptors (Lipinski definition) is 3. The van der Waals surface area contributed by atoms with E-state index in [0.717, 1.165) is 5.56 Å². The summed E-state index contributed by atoms with van der Waals surface area (Å²) in [7, 11) is 0. The molecule has 4 nitrogen and oxygen atoms in total. The van der Waals surface area contributed by atoms with Gasteiger partial charge in [-0.15, -0.1) is 0 Å². The monoisotopic (exact) mass is 231 g/mol. The van der Waals surface area contributed by atoms with Crippen molar-refractivity contribution >= 4 is 0 Å². The zero-order valence-electron chi connectivity index (χ0n) is 8.97. The van der Waals surface area contributed by atoms with Crippen LogP contribution in [0.3, 0.4) is 0 Å². The maximum Gasteiger partial charge on any atom is 0.138 e. The number of hydrogen-bond donors (Lipinski definition) is 1. The molecular formula is C12H10FN3O. The second-order valence-electron chi connectivity index (χ2n) is 3.37. The van der Waals surface area contributed by atoms with E-state index in [1.807, 2.05) is 0 Å². The highest BCUT2D eigenvalue weighted by atomic mass is 19.1. The molecule has 86 valence electrons. The third-order valence-electron chi connectivity index (χ3n) is 2.14. The third kappa shape index (κ3) is 2.89. The molecule has 0 atom stereocenters. The van der Waals surface area contributed by atoms with Crippen molar-refractivity contribution < 1.29 is 9.50 Å².